The third-order valence-electron chi connectivity index (χ3n) is 3.17. The van der Waals surface area contributed by atoms with E-state index in [0.29, 0.717) is 12.1 Å². The van der Waals surface area contributed by atoms with Gasteiger partial charge in [0.2, 0.25) is 0 Å². The molecule has 3 heterocycles. The Morgan fingerprint density at radius 3 is 2.48 bits per heavy atom. The number of hydrogen-bond donors (Lipinski definition) is 0. The van der Waals surface area contributed by atoms with E-state index in [-0.39, 0.29) is 0 Å². The molecule has 3 aromatic rings. The zero-order valence-corrected chi connectivity index (χ0v) is 13.9. The van der Waals surface area contributed by atoms with Gasteiger partial charge in [0.15, 0.2) is 0 Å². The van der Waals surface area contributed by atoms with E-state index < -0.39 is 11.7 Å². The van der Waals surface area contributed by atoms with Gasteiger partial charge < -0.3 is 0 Å². The van der Waals surface area contributed by atoms with Gasteiger partial charge in [-0.1, -0.05) is 0 Å². The van der Waals surface area contributed by atoms with E-state index in [4.69, 9.17) is 0 Å². The van der Waals surface area contributed by atoms with Crippen LogP contribution in [0.15, 0.2) is 23.7 Å². The number of aromatic nitrogens is 3. The Hall–Kier alpha value is -1.80. The van der Waals surface area contributed by atoms with Gasteiger partial charge in [-0.2, -0.15) is 13.2 Å². The van der Waals surface area contributed by atoms with Crippen LogP contribution >= 0.6 is 22.7 Å². The van der Waals surface area contributed by atoms with Crippen molar-refractivity contribution in [1.82, 2.24) is 15.0 Å². The van der Waals surface area contributed by atoms with Crippen molar-refractivity contribution in [2.24, 2.45) is 0 Å². The molecule has 0 aliphatic heterocycles. The lowest BCUT2D eigenvalue weighted by Gasteiger charge is -2.06. The summed E-state index contributed by atoms with van der Waals surface area (Å²) in [4.78, 5) is 13.8. The van der Waals surface area contributed by atoms with Crippen molar-refractivity contribution in [2.75, 3.05) is 0 Å². The van der Waals surface area contributed by atoms with Crippen molar-refractivity contribution in [3.8, 4) is 10.6 Å². The summed E-state index contributed by atoms with van der Waals surface area (Å²) in [6.45, 7) is 3.88. The first-order valence-electron chi connectivity index (χ1n) is 6.74. The minimum Gasteiger partial charge on any atom is -0.260 e. The van der Waals surface area contributed by atoms with Crippen molar-refractivity contribution in [1.29, 1.82) is 0 Å². The first-order chi connectivity index (χ1) is 10.8. The Kier molecular flexibility index (Phi) is 4.20. The van der Waals surface area contributed by atoms with Gasteiger partial charge in [-0.05, 0) is 26.0 Å². The molecule has 0 spiro atoms. The predicted octanol–water partition coefficient (Wildman–Crippen LogP) is 4.89. The molecule has 0 bridgehead atoms. The van der Waals surface area contributed by atoms with Crippen molar-refractivity contribution in [3.63, 3.8) is 0 Å². The topological polar surface area (TPSA) is 38.7 Å². The van der Waals surface area contributed by atoms with Crippen LogP contribution in [0.25, 0.3) is 10.6 Å². The molecule has 0 amide bonds. The average Bonchev–Trinajstić information content (AvgIpc) is 3.05. The number of nitrogens with zero attached hydrogens (tertiary/aromatic N) is 3. The number of thiazole rings is 2. The summed E-state index contributed by atoms with van der Waals surface area (Å²) in [6.07, 6.45) is -3.08. The van der Waals surface area contributed by atoms with E-state index in [2.05, 4.69) is 15.0 Å². The maximum absolute atomic E-state index is 12.5. The lowest BCUT2D eigenvalue weighted by molar-refractivity contribution is -0.137. The third-order valence-corrected chi connectivity index (χ3v) is 5.12. The van der Waals surface area contributed by atoms with Crippen molar-refractivity contribution >= 4 is 22.7 Å². The molecule has 0 saturated heterocycles. The lowest BCUT2D eigenvalue weighted by atomic mass is 10.2. The van der Waals surface area contributed by atoms with E-state index in [9.17, 15) is 13.2 Å². The molecule has 0 radical (unpaired) electrons. The lowest BCUT2D eigenvalue weighted by Crippen LogP contribution is -2.06. The minimum atomic E-state index is -4.36. The largest absolute Gasteiger partial charge is 0.417 e. The Morgan fingerprint density at radius 2 is 1.91 bits per heavy atom. The summed E-state index contributed by atoms with van der Waals surface area (Å²) < 4.78 is 37.6. The number of hydrogen-bond acceptors (Lipinski definition) is 5. The van der Waals surface area contributed by atoms with Crippen molar-refractivity contribution in [3.05, 3.63) is 50.7 Å². The van der Waals surface area contributed by atoms with Crippen LogP contribution in [-0.4, -0.2) is 15.0 Å². The molecule has 23 heavy (non-hydrogen) atoms. The Balaban J connectivity index is 1.78. The molecule has 8 heteroatoms. The molecule has 3 aromatic heterocycles. The van der Waals surface area contributed by atoms with E-state index in [1.807, 2.05) is 19.2 Å². The van der Waals surface area contributed by atoms with E-state index in [0.717, 1.165) is 38.5 Å². The van der Waals surface area contributed by atoms with Gasteiger partial charge in [-0.3, -0.25) is 4.98 Å². The third kappa shape index (κ3) is 3.59. The second kappa shape index (κ2) is 6.01. The molecular formula is C15H12F3N3S2. The summed E-state index contributed by atoms with van der Waals surface area (Å²) in [5.41, 5.74) is 1.63. The molecular weight excluding hydrogens is 343 g/mol. The Bertz CT molecular complexity index is 819. The van der Waals surface area contributed by atoms with Crippen LogP contribution in [0.2, 0.25) is 0 Å². The molecule has 0 atom stereocenters. The van der Waals surface area contributed by atoms with Gasteiger partial charge in [0.05, 0.1) is 31.8 Å². The minimum absolute atomic E-state index is 0.416. The standard InChI is InChI=1S/C15H12F3N3S2/c1-8-14(23-9(2)20-8)12-7-22-13(21-12)5-11-4-3-10(6-19-11)15(16,17)18/h3-4,6-7H,5H2,1-2H3. The summed E-state index contributed by atoms with van der Waals surface area (Å²) in [6, 6.07) is 2.44. The van der Waals surface area contributed by atoms with Gasteiger partial charge in [-0.25, -0.2) is 9.97 Å². The van der Waals surface area contributed by atoms with Crippen molar-refractivity contribution < 1.29 is 13.2 Å². The fourth-order valence-corrected chi connectivity index (χ4v) is 3.87. The molecule has 0 saturated carbocycles. The monoisotopic (exact) mass is 355 g/mol. The maximum Gasteiger partial charge on any atom is 0.417 e. The van der Waals surface area contributed by atoms with Gasteiger partial charge in [-0.15, -0.1) is 22.7 Å². The molecule has 3 rings (SSSR count). The first kappa shape index (κ1) is 16.1. The summed E-state index contributed by atoms with van der Waals surface area (Å²) in [7, 11) is 0. The summed E-state index contributed by atoms with van der Waals surface area (Å²) in [5, 5.41) is 3.74. The number of aryl methyl sites for hydroxylation is 2. The van der Waals surface area contributed by atoms with Gasteiger partial charge >= 0.3 is 6.18 Å². The summed E-state index contributed by atoms with van der Waals surface area (Å²) >= 11 is 3.06. The second-order valence-electron chi connectivity index (χ2n) is 4.99. The molecule has 0 aliphatic carbocycles. The number of alkyl halides is 3. The van der Waals surface area contributed by atoms with Crippen LogP contribution in [-0.2, 0) is 12.6 Å². The zero-order chi connectivity index (χ0) is 16.6. The Morgan fingerprint density at radius 1 is 1.13 bits per heavy atom. The quantitative estimate of drug-likeness (QED) is 0.671. The van der Waals surface area contributed by atoms with Gasteiger partial charge in [0.25, 0.3) is 0 Å². The van der Waals surface area contributed by atoms with E-state index >= 15 is 0 Å². The highest BCUT2D eigenvalue weighted by atomic mass is 32.1. The predicted molar refractivity (Wildman–Crippen MR) is 84.7 cm³/mol. The van der Waals surface area contributed by atoms with Gasteiger partial charge in [0, 0.05) is 23.7 Å². The molecule has 0 aromatic carbocycles. The van der Waals surface area contributed by atoms with E-state index in [1.165, 1.54) is 17.4 Å². The van der Waals surface area contributed by atoms with Crippen LogP contribution in [0, 0.1) is 13.8 Å². The molecule has 0 N–H and O–H groups in total. The summed E-state index contributed by atoms with van der Waals surface area (Å²) in [5.74, 6) is 0. The highest BCUT2D eigenvalue weighted by molar-refractivity contribution is 7.15. The van der Waals surface area contributed by atoms with Crippen LogP contribution in [0.1, 0.15) is 27.0 Å². The highest BCUT2D eigenvalue weighted by Crippen LogP contribution is 2.31. The van der Waals surface area contributed by atoms with E-state index in [1.54, 1.807) is 11.3 Å². The SMILES string of the molecule is Cc1nc(C)c(-c2csc(Cc3ccc(C(F)(F)F)cn3)n2)s1. The molecule has 0 fully saturated rings. The smallest absolute Gasteiger partial charge is 0.260 e. The normalized spacial score (nSPS) is 11.9. The van der Waals surface area contributed by atoms with Crippen LogP contribution in [0.5, 0.6) is 0 Å². The molecule has 0 aliphatic rings. The zero-order valence-electron chi connectivity index (χ0n) is 12.3. The van der Waals surface area contributed by atoms with Crippen LogP contribution in [0.3, 0.4) is 0 Å². The molecule has 3 nitrogen and oxygen atoms in total. The Labute approximate surface area is 138 Å². The fraction of sp³-hybridized carbons (Fsp3) is 0.267. The van der Waals surface area contributed by atoms with Crippen LogP contribution < -0.4 is 0 Å². The molecule has 0 unspecified atom stereocenters. The average molecular weight is 355 g/mol. The highest BCUT2D eigenvalue weighted by Gasteiger charge is 2.30. The number of pyridine rings is 1. The fourth-order valence-electron chi connectivity index (χ4n) is 2.12. The second-order valence-corrected chi connectivity index (χ2v) is 7.13. The van der Waals surface area contributed by atoms with Crippen molar-refractivity contribution in [2.45, 2.75) is 26.4 Å². The number of rotatable bonds is 3. The maximum atomic E-state index is 12.5. The van der Waals surface area contributed by atoms with Gasteiger partial charge in [0.1, 0.15) is 0 Å². The number of halogens is 3. The molecule has 120 valence electrons. The van der Waals surface area contributed by atoms with Crippen LogP contribution in [0.4, 0.5) is 13.2 Å². The first-order valence-corrected chi connectivity index (χ1v) is 8.43.